The molecular weight excluding hydrogens is 258 g/mol. The van der Waals surface area contributed by atoms with Crippen LogP contribution in [0.15, 0.2) is 18.3 Å². The molecule has 0 aliphatic carbocycles. The van der Waals surface area contributed by atoms with Gasteiger partial charge in [-0.3, -0.25) is 0 Å². The van der Waals surface area contributed by atoms with Crippen molar-refractivity contribution < 1.29 is 0 Å². The number of halogens is 1. The molecule has 2 N–H and O–H groups in total. The van der Waals surface area contributed by atoms with Crippen molar-refractivity contribution in [3.8, 4) is 0 Å². The third-order valence-corrected chi connectivity index (χ3v) is 3.50. The van der Waals surface area contributed by atoms with Crippen molar-refractivity contribution >= 4 is 17.2 Å². The van der Waals surface area contributed by atoms with Crippen LogP contribution in [-0.4, -0.2) is 9.38 Å². The van der Waals surface area contributed by atoms with Crippen molar-refractivity contribution in [3.63, 3.8) is 0 Å². The molecule has 0 fully saturated rings. The fourth-order valence-corrected chi connectivity index (χ4v) is 2.55. The number of hydrogen-bond donors (Lipinski definition) is 1. The van der Waals surface area contributed by atoms with Crippen LogP contribution < -0.4 is 5.73 Å². The summed E-state index contributed by atoms with van der Waals surface area (Å²) in [6, 6.07) is 3.80. The van der Waals surface area contributed by atoms with Crippen LogP contribution in [0.2, 0.25) is 5.02 Å². The first-order valence-corrected chi connectivity index (χ1v) is 7.16. The van der Waals surface area contributed by atoms with E-state index in [-0.39, 0.29) is 11.5 Å². The van der Waals surface area contributed by atoms with Crippen molar-refractivity contribution in [1.82, 2.24) is 9.38 Å². The highest BCUT2D eigenvalue weighted by atomic mass is 35.5. The Hall–Kier alpha value is -1.06. The van der Waals surface area contributed by atoms with Crippen molar-refractivity contribution in [2.75, 3.05) is 0 Å². The molecule has 0 aromatic carbocycles. The number of nitrogens with zero attached hydrogens (tertiary/aromatic N) is 2. The average Bonchev–Trinajstić information content (AvgIpc) is 2.67. The molecule has 2 aromatic heterocycles. The van der Waals surface area contributed by atoms with Gasteiger partial charge >= 0.3 is 0 Å². The first-order valence-electron chi connectivity index (χ1n) is 6.78. The van der Waals surface area contributed by atoms with E-state index in [1.165, 1.54) is 0 Å². The second kappa shape index (κ2) is 5.14. The molecule has 0 saturated carbocycles. The van der Waals surface area contributed by atoms with Gasteiger partial charge in [0.1, 0.15) is 5.65 Å². The summed E-state index contributed by atoms with van der Waals surface area (Å²) in [5.41, 5.74) is 9.40. The number of aromatic nitrogens is 2. The van der Waals surface area contributed by atoms with Crippen molar-refractivity contribution in [1.29, 1.82) is 0 Å². The summed E-state index contributed by atoms with van der Waals surface area (Å²) in [5, 5.41) is 0.704. The molecule has 0 radical (unpaired) electrons. The number of fused-ring (bicyclic) bond motifs is 1. The lowest BCUT2D eigenvalue weighted by molar-refractivity contribution is 0.536. The molecule has 3 nitrogen and oxygen atoms in total. The Kier molecular flexibility index (Phi) is 3.88. The molecule has 19 heavy (non-hydrogen) atoms. The molecule has 2 heterocycles. The SMILES string of the molecule is CCCC(N)c1c(C(C)(C)C)nc2ccc(Cl)cn12. The standard InChI is InChI=1S/C15H22ClN3/c1-5-6-11(17)13-14(15(2,3)4)18-12-8-7-10(16)9-19(12)13/h7-9,11H,5-6,17H2,1-4H3. The number of hydrogen-bond acceptors (Lipinski definition) is 2. The molecule has 0 spiro atoms. The maximum atomic E-state index is 6.36. The summed E-state index contributed by atoms with van der Waals surface area (Å²) >= 11 is 6.11. The summed E-state index contributed by atoms with van der Waals surface area (Å²) in [5.74, 6) is 0. The minimum absolute atomic E-state index is 0.00677. The molecule has 2 aromatic rings. The van der Waals surface area contributed by atoms with E-state index in [1.54, 1.807) is 0 Å². The predicted molar refractivity (Wildman–Crippen MR) is 80.7 cm³/mol. The number of rotatable bonds is 3. The van der Waals surface area contributed by atoms with Crippen molar-refractivity contribution in [2.45, 2.75) is 52.0 Å². The van der Waals surface area contributed by atoms with Gasteiger partial charge in [0.25, 0.3) is 0 Å². The Morgan fingerprint density at radius 2 is 2.05 bits per heavy atom. The van der Waals surface area contributed by atoms with E-state index in [0.29, 0.717) is 5.02 Å². The summed E-state index contributed by atoms with van der Waals surface area (Å²) < 4.78 is 2.04. The highest BCUT2D eigenvalue weighted by Gasteiger charge is 2.26. The fourth-order valence-electron chi connectivity index (χ4n) is 2.39. The highest BCUT2D eigenvalue weighted by Crippen LogP contribution is 2.31. The van der Waals surface area contributed by atoms with Crippen LogP contribution in [0.5, 0.6) is 0 Å². The van der Waals surface area contributed by atoms with Gasteiger partial charge in [0, 0.05) is 17.7 Å². The summed E-state index contributed by atoms with van der Waals surface area (Å²) in [7, 11) is 0. The molecule has 2 rings (SSSR count). The van der Waals surface area contributed by atoms with E-state index in [9.17, 15) is 0 Å². The van der Waals surface area contributed by atoms with Crippen LogP contribution in [0.25, 0.3) is 5.65 Å². The van der Waals surface area contributed by atoms with Crippen LogP contribution >= 0.6 is 11.6 Å². The molecular formula is C15H22ClN3. The number of nitrogens with two attached hydrogens (primary N) is 1. The smallest absolute Gasteiger partial charge is 0.137 e. The van der Waals surface area contributed by atoms with Gasteiger partial charge in [-0.05, 0) is 18.6 Å². The highest BCUT2D eigenvalue weighted by molar-refractivity contribution is 6.30. The lowest BCUT2D eigenvalue weighted by Gasteiger charge is -2.21. The zero-order valence-electron chi connectivity index (χ0n) is 12.1. The largest absolute Gasteiger partial charge is 0.323 e. The van der Waals surface area contributed by atoms with E-state index in [0.717, 1.165) is 29.9 Å². The maximum absolute atomic E-state index is 6.36. The Bertz CT molecular complexity index is 581. The molecule has 0 aliphatic heterocycles. The molecule has 4 heteroatoms. The van der Waals surface area contributed by atoms with E-state index < -0.39 is 0 Å². The first kappa shape index (κ1) is 14.4. The van der Waals surface area contributed by atoms with Gasteiger partial charge in [-0.1, -0.05) is 45.7 Å². The van der Waals surface area contributed by atoms with Gasteiger partial charge in [-0.25, -0.2) is 4.98 Å². The molecule has 0 aliphatic rings. The van der Waals surface area contributed by atoms with Crippen LogP contribution in [0, 0.1) is 0 Å². The third kappa shape index (κ3) is 2.77. The van der Waals surface area contributed by atoms with Crippen molar-refractivity contribution in [2.24, 2.45) is 5.73 Å². The Labute approximate surface area is 119 Å². The van der Waals surface area contributed by atoms with Crippen LogP contribution in [0.4, 0.5) is 0 Å². The second-order valence-corrected chi connectivity index (χ2v) is 6.50. The van der Waals surface area contributed by atoms with Gasteiger partial charge in [-0.15, -0.1) is 0 Å². The van der Waals surface area contributed by atoms with Gasteiger partial charge in [0.05, 0.1) is 16.4 Å². The summed E-state index contributed by atoms with van der Waals surface area (Å²) in [6.45, 7) is 8.64. The third-order valence-electron chi connectivity index (χ3n) is 3.28. The zero-order valence-corrected chi connectivity index (χ0v) is 12.8. The second-order valence-electron chi connectivity index (χ2n) is 6.07. The Morgan fingerprint density at radius 1 is 1.37 bits per heavy atom. The molecule has 104 valence electrons. The van der Waals surface area contributed by atoms with E-state index in [2.05, 4.69) is 27.7 Å². The first-order chi connectivity index (χ1) is 8.84. The average molecular weight is 280 g/mol. The minimum Gasteiger partial charge on any atom is -0.323 e. The van der Waals surface area contributed by atoms with Crippen molar-refractivity contribution in [3.05, 3.63) is 34.7 Å². The lowest BCUT2D eigenvalue weighted by Crippen LogP contribution is -2.21. The van der Waals surface area contributed by atoms with Crippen LogP contribution in [0.3, 0.4) is 0 Å². The van der Waals surface area contributed by atoms with E-state index >= 15 is 0 Å². The van der Waals surface area contributed by atoms with Gasteiger partial charge in [0.2, 0.25) is 0 Å². The lowest BCUT2D eigenvalue weighted by atomic mass is 9.88. The quantitative estimate of drug-likeness (QED) is 0.920. The van der Waals surface area contributed by atoms with Gasteiger partial charge in [-0.2, -0.15) is 0 Å². The van der Waals surface area contributed by atoms with Crippen LogP contribution in [-0.2, 0) is 5.41 Å². The molecule has 0 amide bonds. The minimum atomic E-state index is -0.0286. The summed E-state index contributed by atoms with van der Waals surface area (Å²) in [4.78, 5) is 4.75. The zero-order chi connectivity index (χ0) is 14.2. The topological polar surface area (TPSA) is 43.3 Å². The number of imidazole rings is 1. The van der Waals surface area contributed by atoms with E-state index in [4.69, 9.17) is 22.3 Å². The summed E-state index contributed by atoms with van der Waals surface area (Å²) in [6.07, 6.45) is 3.91. The van der Waals surface area contributed by atoms with E-state index in [1.807, 2.05) is 22.7 Å². The fraction of sp³-hybridized carbons (Fsp3) is 0.533. The Morgan fingerprint density at radius 3 is 2.63 bits per heavy atom. The van der Waals surface area contributed by atoms with Gasteiger partial charge in [0.15, 0.2) is 0 Å². The maximum Gasteiger partial charge on any atom is 0.137 e. The molecule has 1 atom stereocenters. The molecule has 0 bridgehead atoms. The molecule has 1 unspecified atom stereocenters. The predicted octanol–water partition coefficient (Wildman–Crippen LogP) is 4.09. The van der Waals surface area contributed by atoms with Gasteiger partial charge < -0.3 is 10.1 Å². The molecule has 0 saturated heterocycles. The van der Waals surface area contributed by atoms with Crippen LogP contribution in [0.1, 0.15) is 58.0 Å². The number of pyridine rings is 1. The monoisotopic (exact) mass is 279 g/mol. The normalized spacial score (nSPS) is 14.0. The Balaban J connectivity index is 2.70.